The van der Waals surface area contributed by atoms with Gasteiger partial charge in [-0.3, -0.25) is 4.79 Å². The minimum Gasteiger partial charge on any atom is -0.351 e. The molecule has 0 unspecified atom stereocenters. The molecule has 0 radical (unpaired) electrons. The van der Waals surface area contributed by atoms with Crippen molar-refractivity contribution >= 4 is 17.2 Å². The number of thiophene rings is 1. The topological polar surface area (TPSA) is 29.1 Å². The van der Waals surface area contributed by atoms with Gasteiger partial charge in [0.15, 0.2) is 0 Å². The predicted molar refractivity (Wildman–Crippen MR) is 70.8 cm³/mol. The number of fused-ring (bicyclic) bond motifs is 1. The molecule has 0 atom stereocenters. The Hall–Kier alpha value is -1.82. The van der Waals surface area contributed by atoms with E-state index in [1.165, 1.54) is 23.5 Å². The Morgan fingerprint density at radius 1 is 1.15 bits per heavy atom. The second-order valence-corrected chi connectivity index (χ2v) is 5.60. The molecule has 0 bridgehead atoms. The zero-order valence-electron chi connectivity index (χ0n) is 10.3. The monoisotopic (exact) mass is 297 g/mol. The molecule has 0 saturated carbocycles. The Balaban J connectivity index is 1.96. The van der Waals surface area contributed by atoms with Gasteiger partial charge in [0.2, 0.25) is 0 Å². The van der Waals surface area contributed by atoms with Crippen molar-refractivity contribution in [3.63, 3.8) is 0 Å². The molecule has 1 aliphatic heterocycles. The van der Waals surface area contributed by atoms with Gasteiger partial charge in [0, 0.05) is 11.4 Å². The molecule has 20 heavy (non-hydrogen) atoms. The van der Waals surface area contributed by atoms with Crippen LogP contribution in [0.15, 0.2) is 30.3 Å². The average Bonchev–Trinajstić information content (AvgIpc) is 2.83. The van der Waals surface area contributed by atoms with Crippen LogP contribution in [0, 0.1) is 0 Å². The van der Waals surface area contributed by atoms with E-state index in [1.807, 2.05) is 6.07 Å². The van der Waals surface area contributed by atoms with E-state index in [0.717, 1.165) is 29.0 Å². The van der Waals surface area contributed by atoms with Crippen LogP contribution in [-0.4, -0.2) is 12.5 Å². The highest BCUT2D eigenvalue weighted by atomic mass is 32.1. The normalized spacial score (nSPS) is 14.8. The molecule has 0 aliphatic carbocycles. The van der Waals surface area contributed by atoms with Gasteiger partial charge in [0.05, 0.1) is 10.4 Å². The molecule has 2 heterocycles. The van der Waals surface area contributed by atoms with Gasteiger partial charge in [-0.15, -0.1) is 11.3 Å². The molecule has 1 N–H and O–H groups in total. The molecular weight excluding hydrogens is 287 g/mol. The van der Waals surface area contributed by atoms with Gasteiger partial charge in [0.25, 0.3) is 5.91 Å². The van der Waals surface area contributed by atoms with Gasteiger partial charge in [-0.2, -0.15) is 13.2 Å². The summed E-state index contributed by atoms with van der Waals surface area (Å²) in [6.07, 6.45) is -3.56. The molecule has 6 heteroatoms. The predicted octanol–water partition coefficient (Wildman–Crippen LogP) is 3.72. The largest absolute Gasteiger partial charge is 0.416 e. The highest BCUT2D eigenvalue weighted by Crippen LogP contribution is 2.35. The molecule has 1 aromatic heterocycles. The summed E-state index contributed by atoms with van der Waals surface area (Å²) in [6, 6.07) is 6.90. The quantitative estimate of drug-likeness (QED) is 0.854. The van der Waals surface area contributed by atoms with E-state index in [1.54, 1.807) is 0 Å². The van der Waals surface area contributed by atoms with Crippen molar-refractivity contribution in [1.82, 2.24) is 5.32 Å². The minimum absolute atomic E-state index is 0.102. The fraction of sp³-hybridized carbons (Fsp3) is 0.214. The molecule has 0 saturated heterocycles. The number of halogens is 3. The van der Waals surface area contributed by atoms with E-state index in [9.17, 15) is 18.0 Å². The van der Waals surface area contributed by atoms with Crippen molar-refractivity contribution in [3.8, 4) is 10.4 Å². The standard InChI is InChI=1S/C14H10F3NOS/c15-14(16,17)10-3-1-8(2-4-10)11-7-9-5-6-18-13(19)12(9)20-11/h1-4,7H,5-6H2,(H,18,19). The first-order valence-corrected chi connectivity index (χ1v) is 6.85. The van der Waals surface area contributed by atoms with E-state index >= 15 is 0 Å². The lowest BCUT2D eigenvalue weighted by molar-refractivity contribution is -0.137. The van der Waals surface area contributed by atoms with Crippen molar-refractivity contribution in [2.75, 3.05) is 6.54 Å². The van der Waals surface area contributed by atoms with Crippen LogP contribution in [0.4, 0.5) is 13.2 Å². The summed E-state index contributed by atoms with van der Waals surface area (Å²) in [5, 5.41) is 2.75. The van der Waals surface area contributed by atoms with Crippen LogP contribution in [0.25, 0.3) is 10.4 Å². The molecule has 1 aromatic carbocycles. The number of rotatable bonds is 1. The third kappa shape index (κ3) is 2.31. The van der Waals surface area contributed by atoms with E-state index in [0.29, 0.717) is 17.0 Å². The SMILES string of the molecule is O=C1NCCc2cc(-c3ccc(C(F)(F)F)cc3)sc21. The fourth-order valence-electron chi connectivity index (χ4n) is 2.16. The van der Waals surface area contributed by atoms with Crippen LogP contribution in [0.3, 0.4) is 0 Å². The lowest BCUT2D eigenvalue weighted by atomic mass is 10.1. The van der Waals surface area contributed by atoms with Crippen molar-refractivity contribution in [2.24, 2.45) is 0 Å². The Bertz CT molecular complexity index is 658. The Kier molecular flexibility index (Phi) is 3.05. The Morgan fingerprint density at radius 3 is 2.45 bits per heavy atom. The zero-order valence-corrected chi connectivity index (χ0v) is 11.1. The maximum Gasteiger partial charge on any atom is 0.416 e. The number of benzene rings is 1. The van der Waals surface area contributed by atoms with Crippen LogP contribution in [0.1, 0.15) is 20.8 Å². The Labute approximate surface area is 117 Å². The molecule has 3 rings (SSSR count). The second kappa shape index (κ2) is 4.63. The van der Waals surface area contributed by atoms with Crippen LogP contribution in [0.2, 0.25) is 0 Å². The number of hydrogen-bond acceptors (Lipinski definition) is 2. The van der Waals surface area contributed by atoms with Crippen LogP contribution in [-0.2, 0) is 12.6 Å². The molecule has 0 spiro atoms. The maximum atomic E-state index is 12.5. The number of carbonyl (C=O) groups excluding carboxylic acids is 1. The zero-order chi connectivity index (χ0) is 14.3. The van der Waals surface area contributed by atoms with E-state index in [-0.39, 0.29) is 5.91 Å². The van der Waals surface area contributed by atoms with Gasteiger partial charge >= 0.3 is 6.18 Å². The number of hydrogen-bond donors (Lipinski definition) is 1. The van der Waals surface area contributed by atoms with Gasteiger partial charge in [-0.1, -0.05) is 12.1 Å². The van der Waals surface area contributed by atoms with Gasteiger partial charge < -0.3 is 5.32 Å². The van der Waals surface area contributed by atoms with Crippen LogP contribution < -0.4 is 5.32 Å². The highest BCUT2D eigenvalue weighted by Gasteiger charge is 2.30. The second-order valence-electron chi connectivity index (χ2n) is 4.55. The third-order valence-electron chi connectivity index (χ3n) is 3.19. The highest BCUT2D eigenvalue weighted by molar-refractivity contribution is 7.17. The van der Waals surface area contributed by atoms with Gasteiger partial charge in [-0.05, 0) is 35.7 Å². The van der Waals surface area contributed by atoms with Crippen molar-refractivity contribution in [3.05, 3.63) is 46.3 Å². The molecule has 0 fully saturated rings. The average molecular weight is 297 g/mol. The lowest BCUT2D eigenvalue weighted by Crippen LogP contribution is -2.30. The number of carbonyl (C=O) groups is 1. The van der Waals surface area contributed by atoms with Gasteiger partial charge in [-0.25, -0.2) is 0 Å². The summed E-state index contributed by atoms with van der Waals surface area (Å²) in [5.74, 6) is -0.102. The van der Waals surface area contributed by atoms with Crippen molar-refractivity contribution in [1.29, 1.82) is 0 Å². The third-order valence-corrected chi connectivity index (χ3v) is 4.42. The fourth-order valence-corrected chi connectivity index (χ4v) is 3.30. The molecule has 2 aromatic rings. The number of alkyl halides is 3. The van der Waals surface area contributed by atoms with E-state index < -0.39 is 11.7 Å². The van der Waals surface area contributed by atoms with Gasteiger partial charge in [0.1, 0.15) is 0 Å². The summed E-state index contributed by atoms with van der Waals surface area (Å²) in [6.45, 7) is 0.606. The first-order valence-electron chi connectivity index (χ1n) is 6.04. The van der Waals surface area contributed by atoms with E-state index in [4.69, 9.17) is 0 Å². The van der Waals surface area contributed by atoms with Crippen LogP contribution in [0.5, 0.6) is 0 Å². The maximum absolute atomic E-state index is 12.5. The summed E-state index contributed by atoms with van der Waals surface area (Å²) < 4.78 is 37.5. The molecule has 2 nitrogen and oxygen atoms in total. The molecule has 1 amide bonds. The molecule has 104 valence electrons. The minimum atomic E-state index is -4.33. The van der Waals surface area contributed by atoms with E-state index in [2.05, 4.69) is 5.32 Å². The molecular formula is C14H10F3NOS. The first kappa shape index (κ1) is 13.2. The summed E-state index contributed by atoms with van der Waals surface area (Å²) in [4.78, 5) is 13.1. The number of amides is 1. The van der Waals surface area contributed by atoms with Crippen molar-refractivity contribution < 1.29 is 18.0 Å². The first-order chi connectivity index (χ1) is 9.45. The smallest absolute Gasteiger partial charge is 0.351 e. The lowest BCUT2D eigenvalue weighted by Gasteiger charge is -2.10. The molecule has 1 aliphatic rings. The Morgan fingerprint density at radius 2 is 1.85 bits per heavy atom. The summed E-state index contributed by atoms with van der Waals surface area (Å²) in [5.41, 5.74) is 0.999. The summed E-state index contributed by atoms with van der Waals surface area (Å²) >= 11 is 1.32. The van der Waals surface area contributed by atoms with Crippen LogP contribution >= 0.6 is 11.3 Å². The van der Waals surface area contributed by atoms with Crippen molar-refractivity contribution in [2.45, 2.75) is 12.6 Å². The number of nitrogens with one attached hydrogen (secondary N) is 1. The summed E-state index contributed by atoms with van der Waals surface area (Å²) in [7, 11) is 0.